The summed E-state index contributed by atoms with van der Waals surface area (Å²) in [7, 11) is 0. The molecule has 0 amide bonds. The van der Waals surface area contributed by atoms with Crippen LogP contribution in [0.3, 0.4) is 0 Å². The van der Waals surface area contributed by atoms with E-state index in [9.17, 15) is 5.11 Å². The van der Waals surface area contributed by atoms with Crippen molar-refractivity contribution in [2.45, 2.75) is 38.2 Å². The Morgan fingerprint density at radius 2 is 2.09 bits per heavy atom. The van der Waals surface area contributed by atoms with Gasteiger partial charge in [0.25, 0.3) is 0 Å². The lowest BCUT2D eigenvalue weighted by atomic mass is 9.77. The minimum Gasteiger partial charge on any atom is -0.393 e. The van der Waals surface area contributed by atoms with Crippen LogP contribution in [0.1, 0.15) is 32.1 Å². The Balaban J connectivity index is 2.06. The number of aliphatic hydroxyl groups excluding tert-OH is 1. The normalized spacial score (nSPS) is 45.0. The van der Waals surface area contributed by atoms with Gasteiger partial charge in [-0.1, -0.05) is 6.42 Å². The van der Waals surface area contributed by atoms with Gasteiger partial charge in [0.15, 0.2) is 0 Å². The van der Waals surface area contributed by atoms with Gasteiger partial charge in [-0.25, -0.2) is 0 Å². The fourth-order valence-corrected chi connectivity index (χ4v) is 2.61. The molecule has 2 atom stereocenters. The van der Waals surface area contributed by atoms with Gasteiger partial charge in [-0.2, -0.15) is 0 Å². The molecule has 1 aliphatic heterocycles. The summed E-state index contributed by atoms with van der Waals surface area (Å²) in [6.07, 6.45) is 5.96. The molecule has 11 heavy (non-hydrogen) atoms. The minimum atomic E-state index is -0.0182. The molecule has 1 saturated carbocycles. The predicted octanol–water partition coefficient (Wildman–Crippen LogP) is 0.901. The average molecular weight is 155 g/mol. The van der Waals surface area contributed by atoms with Crippen molar-refractivity contribution in [3.8, 4) is 0 Å². The Bertz CT molecular complexity index is 140. The summed E-state index contributed by atoms with van der Waals surface area (Å²) in [5, 5.41) is 13.2. The Morgan fingerprint density at radius 1 is 1.27 bits per heavy atom. The van der Waals surface area contributed by atoms with Crippen LogP contribution in [0.25, 0.3) is 0 Å². The predicted molar refractivity (Wildman–Crippen MR) is 44.4 cm³/mol. The molecule has 64 valence electrons. The van der Waals surface area contributed by atoms with Gasteiger partial charge in [0.1, 0.15) is 0 Å². The lowest BCUT2D eigenvalue weighted by Crippen LogP contribution is -2.44. The summed E-state index contributed by atoms with van der Waals surface area (Å²) >= 11 is 0. The molecule has 1 heterocycles. The number of aliphatic hydroxyl groups is 1. The smallest absolute Gasteiger partial charge is 0.0608 e. The van der Waals surface area contributed by atoms with E-state index in [1.165, 1.54) is 25.7 Å². The van der Waals surface area contributed by atoms with E-state index in [2.05, 4.69) is 5.32 Å². The van der Waals surface area contributed by atoms with Crippen LogP contribution in [0.5, 0.6) is 0 Å². The van der Waals surface area contributed by atoms with E-state index in [0.717, 1.165) is 19.5 Å². The van der Waals surface area contributed by atoms with Gasteiger partial charge >= 0.3 is 0 Å². The monoisotopic (exact) mass is 155 g/mol. The third-order valence-electron chi connectivity index (χ3n) is 3.36. The Morgan fingerprint density at radius 3 is 2.64 bits per heavy atom. The molecule has 0 aromatic carbocycles. The fourth-order valence-electron chi connectivity index (χ4n) is 2.61. The zero-order chi connectivity index (χ0) is 7.73. The third-order valence-corrected chi connectivity index (χ3v) is 3.36. The molecule has 0 aromatic heterocycles. The van der Waals surface area contributed by atoms with E-state index in [1.54, 1.807) is 0 Å². The van der Waals surface area contributed by atoms with Crippen molar-refractivity contribution >= 4 is 0 Å². The van der Waals surface area contributed by atoms with E-state index in [-0.39, 0.29) is 11.5 Å². The highest BCUT2D eigenvalue weighted by molar-refractivity contribution is 4.95. The van der Waals surface area contributed by atoms with Gasteiger partial charge in [0, 0.05) is 12.0 Å². The molecular weight excluding hydrogens is 138 g/mol. The molecular formula is C9H17NO. The molecule has 0 bridgehead atoms. The van der Waals surface area contributed by atoms with Crippen molar-refractivity contribution < 1.29 is 5.11 Å². The van der Waals surface area contributed by atoms with Crippen molar-refractivity contribution in [1.82, 2.24) is 5.32 Å². The maximum atomic E-state index is 9.76. The molecule has 0 aromatic rings. The molecule has 2 rings (SSSR count). The van der Waals surface area contributed by atoms with E-state index in [1.807, 2.05) is 0 Å². The van der Waals surface area contributed by atoms with Gasteiger partial charge < -0.3 is 10.4 Å². The highest BCUT2D eigenvalue weighted by Gasteiger charge is 2.42. The second-order valence-corrected chi connectivity index (χ2v) is 4.05. The second kappa shape index (κ2) is 2.76. The topological polar surface area (TPSA) is 32.3 Å². The van der Waals surface area contributed by atoms with Crippen LogP contribution in [0.4, 0.5) is 0 Å². The van der Waals surface area contributed by atoms with Gasteiger partial charge in [0.2, 0.25) is 0 Å². The van der Waals surface area contributed by atoms with Crippen LogP contribution in [0, 0.1) is 5.41 Å². The highest BCUT2D eigenvalue weighted by Crippen LogP contribution is 2.42. The number of rotatable bonds is 0. The molecule has 1 aliphatic carbocycles. The van der Waals surface area contributed by atoms with Crippen LogP contribution < -0.4 is 5.32 Å². The van der Waals surface area contributed by atoms with Gasteiger partial charge in [-0.3, -0.25) is 0 Å². The maximum absolute atomic E-state index is 9.76. The van der Waals surface area contributed by atoms with Crippen molar-refractivity contribution in [2.24, 2.45) is 5.41 Å². The maximum Gasteiger partial charge on any atom is 0.0608 e. The van der Waals surface area contributed by atoms with Crippen LogP contribution in [0.2, 0.25) is 0 Å². The first-order chi connectivity index (χ1) is 5.33. The molecule has 1 spiro atoms. The standard InChI is InChI=1S/C9H17NO/c11-8-3-1-4-9(8)5-2-6-10-7-9/h8,10-11H,1-7H2/t8-,9+/m1/s1. The van der Waals surface area contributed by atoms with E-state index < -0.39 is 0 Å². The summed E-state index contributed by atoms with van der Waals surface area (Å²) in [6, 6.07) is 0. The fraction of sp³-hybridized carbons (Fsp3) is 1.00. The Hall–Kier alpha value is -0.0800. The Kier molecular flexibility index (Phi) is 1.90. The van der Waals surface area contributed by atoms with Crippen LogP contribution in [-0.2, 0) is 0 Å². The van der Waals surface area contributed by atoms with Gasteiger partial charge in [-0.05, 0) is 32.2 Å². The minimum absolute atomic E-state index is 0.0182. The van der Waals surface area contributed by atoms with Crippen molar-refractivity contribution in [2.75, 3.05) is 13.1 Å². The quantitative estimate of drug-likeness (QED) is 0.545. The molecule has 2 aliphatic rings. The Labute approximate surface area is 68.0 Å². The molecule has 1 saturated heterocycles. The van der Waals surface area contributed by atoms with Crippen molar-refractivity contribution in [3.05, 3.63) is 0 Å². The summed E-state index contributed by atoms with van der Waals surface area (Å²) in [4.78, 5) is 0. The van der Waals surface area contributed by atoms with Gasteiger partial charge in [0.05, 0.1) is 6.10 Å². The van der Waals surface area contributed by atoms with Crippen molar-refractivity contribution in [1.29, 1.82) is 0 Å². The molecule has 2 N–H and O–H groups in total. The third kappa shape index (κ3) is 1.18. The highest BCUT2D eigenvalue weighted by atomic mass is 16.3. The number of hydrogen-bond acceptors (Lipinski definition) is 2. The molecule has 2 nitrogen and oxygen atoms in total. The number of piperidine rings is 1. The lowest BCUT2D eigenvalue weighted by Gasteiger charge is -2.36. The first kappa shape index (κ1) is 7.56. The van der Waals surface area contributed by atoms with E-state index in [0.29, 0.717) is 0 Å². The van der Waals surface area contributed by atoms with Crippen LogP contribution in [-0.4, -0.2) is 24.3 Å². The summed E-state index contributed by atoms with van der Waals surface area (Å²) in [6.45, 7) is 2.20. The summed E-state index contributed by atoms with van der Waals surface area (Å²) in [5.74, 6) is 0. The first-order valence-corrected chi connectivity index (χ1v) is 4.72. The number of hydrogen-bond donors (Lipinski definition) is 2. The summed E-state index contributed by atoms with van der Waals surface area (Å²) in [5.41, 5.74) is 0.276. The largest absolute Gasteiger partial charge is 0.393 e. The lowest BCUT2D eigenvalue weighted by molar-refractivity contribution is 0.0335. The molecule has 2 fully saturated rings. The SMILES string of the molecule is O[C@@H]1CCC[C@@]12CCCNC2. The first-order valence-electron chi connectivity index (χ1n) is 4.72. The zero-order valence-corrected chi connectivity index (χ0v) is 6.97. The number of nitrogens with one attached hydrogen (secondary N) is 1. The van der Waals surface area contributed by atoms with Crippen LogP contribution in [0.15, 0.2) is 0 Å². The summed E-state index contributed by atoms with van der Waals surface area (Å²) < 4.78 is 0. The second-order valence-electron chi connectivity index (χ2n) is 4.05. The zero-order valence-electron chi connectivity index (χ0n) is 6.97. The van der Waals surface area contributed by atoms with Crippen LogP contribution >= 0.6 is 0 Å². The van der Waals surface area contributed by atoms with Gasteiger partial charge in [-0.15, -0.1) is 0 Å². The molecule has 0 unspecified atom stereocenters. The molecule has 2 heteroatoms. The van der Waals surface area contributed by atoms with E-state index in [4.69, 9.17) is 0 Å². The molecule has 0 radical (unpaired) electrons. The van der Waals surface area contributed by atoms with Crippen molar-refractivity contribution in [3.63, 3.8) is 0 Å². The van der Waals surface area contributed by atoms with E-state index >= 15 is 0 Å². The average Bonchev–Trinajstić information content (AvgIpc) is 2.36.